The second-order valence-corrected chi connectivity index (χ2v) is 5.36. The molecule has 1 aliphatic heterocycles. The second-order valence-electron chi connectivity index (χ2n) is 5.36. The molecule has 1 heteroatoms. The van der Waals surface area contributed by atoms with Crippen molar-refractivity contribution in [3.05, 3.63) is 46.7 Å². The van der Waals surface area contributed by atoms with Crippen LogP contribution in [0.4, 0.5) is 5.69 Å². The van der Waals surface area contributed by atoms with Crippen LogP contribution in [0.2, 0.25) is 0 Å². The van der Waals surface area contributed by atoms with E-state index < -0.39 is 0 Å². The molecule has 0 atom stereocenters. The molecule has 0 amide bonds. The Labute approximate surface area is 110 Å². The van der Waals surface area contributed by atoms with Gasteiger partial charge in [0.2, 0.25) is 0 Å². The fourth-order valence-electron chi connectivity index (χ4n) is 3.32. The van der Waals surface area contributed by atoms with Gasteiger partial charge in [-0.2, -0.15) is 0 Å². The van der Waals surface area contributed by atoms with Crippen molar-refractivity contribution in [2.75, 3.05) is 11.9 Å². The standard InChI is InChI=1S/C17H21N/c1-4-12(2)17-13-8-5-6-10-15(13)18(3)16-11-7-9-14(16)17/h5-6,8,10H,4,7,9,11H2,1-3H3. The SMILES string of the molecule is CCC(C)=C1C2=C(CCC2)N(C)c2ccccc21. The molecule has 0 spiro atoms. The predicted molar refractivity (Wildman–Crippen MR) is 78.6 cm³/mol. The Morgan fingerprint density at radius 2 is 2.00 bits per heavy atom. The van der Waals surface area contributed by atoms with Crippen LogP contribution in [-0.2, 0) is 0 Å². The zero-order valence-electron chi connectivity index (χ0n) is 11.6. The Balaban J connectivity index is 2.28. The molecule has 1 nitrogen and oxygen atoms in total. The lowest BCUT2D eigenvalue weighted by atomic mass is 9.87. The van der Waals surface area contributed by atoms with Crippen molar-refractivity contribution in [1.82, 2.24) is 0 Å². The number of benzene rings is 1. The average Bonchev–Trinajstić information content (AvgIpc) is 2.88. The van der Waals surface area contributed by atoms with Gasteiger partial charge in [0.15, 0.2) is 0 Å². The third-order valence-electron chi connectivity index (χ3n) is 4.39. The van der Waals surface area contributed by atoms with Crippen LogP contribution in [0.5, 0.6) is 0 Å². The van der Waals surface area contributed by atoms with Crippen LogP contribution in [0.3, 0.4) is 0 Å². The van der Waals surface area contributed by atoms with Crippen LogP contribution in [0.25, 0.3) is 5.57 Å². The minimum absolute atomic E-state index is 1.14. The third-order valence-corrected chi connectivity index (χ3v) is 4.39. The van der Waals surface area contributed by atoms with Crippen LogP contribution < -0.4 is 4.90 Å². The molecule has 1 aliphatic carbocycles. The van der Waals surface area contributed by atoms with Gasteiger partial charge < -0.3 is 4.90 Å². The van der Waals surface area contributed by atoms with Crippen LogP contribution in [0.1, 0.15) is 45.1 Å². The Kier molecular flexibility index (Phi) is 2.77. The van der Waals surface area contributed by atoms with Crippen LogP contribution in [-0.4, -0.2) is 7.05 Å². The first-order valence-electron chi connectivity index (χ1n) is 6.99. The van der Waals surface area contributed by atoms with Crippen molar-refractivity contribution in [3.8, 4) is 0 Å². The number of hydrogen-bond acceptors (Lipinski definition) is 1. The van der Waals surface area contributed by atoms with Gasteiger partial charge in [-0.05, 0) is 49.8 Å². The lowest BCUT2D eigenvalue weighted by Gasteiger charge is -2.32. The summed E-state index contributed by atoms with van der Waals surface area (Å²) in [6.07, 6.45) is 4.94. The third kappa shape index (κ3) is 1.53. The second kappa shape index (κ2) is 4.31. The maximum absolute atomic E-state index is 2.41. The van der Waals surface area contributed by atoms with E-state index >= 15 is 0 Å². The van der Waals surface area contributed by atoms with Gasteiger partial charge >= 0.3 is 0 Å². The summed E-state index contributed by atoms with van der Waals surface area (Å²) < 4.78 is 0. The number of nitrogens with zero attached hydrogens (tertiary/aromatic N) is 1. The van der Waals surface area contributed by atoms with Crippen LogP contribution in [0.15, 0.2) is 41.1 Å². The van der Waals surface area contributed by atoms with E-state index in [-0.39, 0.29) is 0 Å². The van der Waals surface area contributed by atoms with Crippen molar-refractivity contribution in [1.29, 1.82) is 0 Å². The Hall–Kier alpha value is -1.50. The molecule has 0 fully saturated rings. The average molecular weight is 239 g/mol. The first kappa shape index (κ1) is 11.6. The number of hydrogen-bond donors (Lipinski definition) is 0. The van der Waals surface area contributed by atoms with Crippen molar-refractivity contribution < 1.29 is 0 Å². The smallest absolute Gasteiger partial charge is 0.0485 e. The van der Waals surface area contributed by atoms with Gasteiger partial charge in [0.1, 0.15) is 0 Å². The minimum Gasteiger partial charge on any atom is -0.347 e. The summed E-state index contributed by atoms with van der Waals surface area (Å²) >= 11 is 0. The topological polar surface area (TPSA) is 3.24 Å². The molecule has 0 saturated carbocycles. The zero-order chi connectivity index (χ0) is 12.7. The Morgan fingerprint density at radius 1 is 1.22 bits per heavy atom. The van der Waals surface area contributed by atoms with E-state index in [0.717, 1.165) is 6.42 Å². The lowest BCUT2D eigenvalue weighted by Crippen LogP contribution is -2.22. The highest BCUT2D eigenvalue weighted by molar-refractivity contribution is 5.92. The summed E-state index contributed by atoms with van der Waals surface area (Å²) in [5.74, 6) is 0. The Morgan fingerprint density at radius 3 is 2.78 bits per heavy atom. The van der Waals surface area contributed by atoms with Gasteiger partial charge in [0.05, 0.1) is 0 Å². The van der Waals surface area contributed by atoms with Crippen molar-refractivity contribution >= 4 is 11.3 Å². The van der Waals surface area contributed by atoms with E-state index in [1.807, 2.05) is 0 Å². The highest BCUT2D eigenvalue weighted by atomic mass is 15.1. The lowest BCUT2D eigenvalue weighted by molar-refractivity contribution is 0.880. The molecule has 0 saturated heterocycles. The molecule has 1 aromatic rings. The summed E-state index contributed by atoms with van der Waals surface area (Å²) in [6, 6.07) is 8.84. The highest BCUT2D eigenvalue weighted by Gasteiger charge is 2.29. The monoisotopic (exact) mass is 239 g/mol. The zero-order valence-corrected chi connectivity index (χ0v) is 11.6. The van der Waals surface area contributed by atoms with E-state index in [0.29, 0.717) is 0 Å². The van der Waals surface area contributed by atoms with Gasteiger partial charge in [-0.1, -0.05) is 30.7 Å². The van der Waals surface area contributed by atoms with Crippen molar-refractivity contribution in [2.24, 2.45) is 0 Å². The minimum atomic E-state index is 1.14. The van der Waals surface area contributed by atoms with Crippen molar-refractivity contribution in [3.63, 3.8) is 0 Å². The molecule has 0 bridgehead atoms. The summed E-state index contributed by atoms with van der Waals surface area (Å²) in [6.45, 7) is 4.55. The fraction of sp³-hybridized carbons (Fsp3) is 0.412. The van der Waals surface area contributed by atoms with Gasteiger partial charge in [0.25, 0.3) is 0 Å². The molecule has 18 heavy (non-hydrogen) atoms. The quantitative estimate of drug-likeness (QED) is 0.683. The normalized spacial score (nSPS) is 20.9. The summed E-state index contributed by atoms with van der Waals surface area (Å²) in [7, 11) is 2.22. The van der Waals surface area contributed by atoms with E-state index in [1.54, 1.807) is 16.8 Å². The number of allylic oxidation sites excluding steroid dienone is 4. The van der Waals surface area contributed by atoms with Crippen LogP contribution >= 0.6 is 0 Å². The summed E-state index contributed by atoms with van der Waals surface area (Å²) in [4.78, 5) is 2.41. The molecule has 0 aromatic heterocycles. The molecule has 0 N–H and O–H groups in total. The number of anilines is 1. The number of para-hydroxylation sites is 1. The number of rotatable bonds is 1. The maximum Gasteiger partial charge on any atom is 0.0485 e. The maximum atomic E-state index is 2.41. The van der Waals surface area contributed by atoms with Crippen LogP contribution in [0, 0.1) is 0 Å². The fourth-order valence-corrected chi connectivity index (χ4v) is 3.32. The first-order valence-corrected chi connectivity index (χ1v) is 6.99. The van der Waals surface area contributed by atoms with E-state index in [4.69, 9.17) is 0 Å². The van der Waals surface area contributed by atoms with E-state index in [9.17, 15) is 0 Å². The molecule has 0 radical (unpaired) electrons. The van der Waals surface area contributed by atoms with Gasteiger partial charge in [-0.15, -0.1) is 0 Å². The first-order chi connectivity index (χ1) is 8.74. The summed E-state index contributed by atoms with van der Waals surface area (Å²) in [5.41, 5.74) is 9.04. The van der Waals surface area contributed by atoms with Crippen molar-refractivity contribution in [2.45, 2.75) is 39.5 Å². The predicted octanol–water partition coefficient (Wildman–Crippen LogP) is 4.76. The molecule has 1 aromatic carbocycles. The molecule has 0 unspecified atom stereocenters. The number of fused-ring (bicyclic) bond motifs is 1. The highest BCUT2D eigenvalue weighted by Crippen LogP contribution is 2.47. The summed E-state index contributed by atoms with van der Waals surface area (Å²) in [5, 5.41) is 0. The van der Waals surface area contributed by atoms with Gasteiger partial charge in [-0.25, -0.2) is 0 Å². The van der Waals surface area contributed by atoms with Gasteiger partial charge in [0, 0.05) is 24.0 Å². The van der Waals surface area contributed by atoms with E-state index in [2.05, 4.69) is 50.1 Å². The van der Waals surface area contributed by atoms with E-state index in [1.165, 1.54) is 36.1 Å². The molecule has 94 valence electrons. The largest absolute Gasteiger partial charge is 0.347 e. The molecule has 2 aliphatic rings. The van der Waals surface area contributed by atoms with Gasteiger partial charge in [-0.3, -0.25) is 0 Å². The molecular weight excluding hydrogens is 218 g/mol. The molecule has 3 rings (SSSR count). The molecule has 1 heterocycles. The molecular formula is C17H21N. The Bertz CT molecular complexity index is 548.